The van der Waals surface area contributed by atoms with Crippen molar-refractivity contribution in [2.24, 2.45) is 5.73 Å². The van der Waals surface area contributed by atoms with E-state index in [1.165, 1.54) is 0 Å². The molecule has 0 aliphatic carbocycles. The van der Waals surface area contributed by atoms with Crippen LogP contribution in [0.25, 0.3) is 0 Å². The number of benzene rings is 3. The van der Waals surface area contributed by atoms with Crippen LogP contribution < -0.4 is 15.8 Å². The van der Waals surface area contributed by atoms with E-state index in [2.05, 4.69) is 5.32 Å². The lowest BCUT2D eigenvalue weighted by molar-refractivity contribution is 0.0949. The summed E-state index contributed by atoms with van der Waals surface area (Å²) in [5.41, 5.74) is 8.30. The van der Waals surface area contributed by atoms with Crippen molar-refractivity contribution in [2.45, 2.75) is 20.1 Å². The van der Waals surface area contributed by atoms with Crippen LogP contribution in [-0.2, 0) is 17.9 Å². The number of ether oxygens (including phenoxy) is 2. The summed E-state index contributed by atoms with van der Waals surface area (Å²) in [4.78, 5) is 23.5. The van der Waals surface area contributed by atoms with Crippen LogP contribution in [0.2, 0.25) is 0 Å². The van der Waals surface area contributed by atoms with Crippen molar-refractivity contribution < 1.29 is 19.1 Å². The molecule has 30 heavy (non-hydrogen) atoms. The maximum absolute atomic E-state index is 12.4. The fourth-order valence-corrected chi connectivity index (χ4v) is 2.76. The summed E-state index contributed by atoms with van der Waals surface area (Å²) in [6.45, 7) is 3.68. The van der Waals surface area contributed by atoms with Crippen molar-refractivity contribution in [1.82, 2.24) is 5.32 Å². The molecule has 3 aromatic carbocycles. The Balaban J connectivity index is 1.52. The molecule has 0 atom stereocenters. The van der Waals surface area contributed by atoms with Crippen LogP contribution >= 0.6 is 0 Å². The van der Waals surface area contributed by atoms with Crippen LogP contribution in [0.5, 0.6) is 11.5 Å². The highest BCUT2D eigenvalue weighted by Gasteiger charge is 2.07. The minimum Gasteiger partial charge on any atom is -0.457 e. The van der Waals surface area contributed by atoms with Gasteiger partial charge >= 0.3 is 0 Å². The molecule has 0 saturated carbocycles. The SMILES string of the molecule is CCOCc1ccc(CNC(=O)c2ccc(Oc3ccc(C(N)=O)cc3)cc2)cc1. The Bertz CT molecular complexity index is 981. The molecule has 6 heteroatoms. The lowest BCUT2D eigenvalue weighted by atomic mass is 10.1. The molecule has 0 fully saturated rings. The van der Waals surface area contributed by atoms with Gasteiger partial charge in [0.05, 0.1) is 6.61 Å². The van der Waals surface area contributed by atoms with Crippen LogP contribution in [0.4, 0.5) is 0 Å². The minimum atomic E-state index is -0.488. The smallest absolute Gasteiger partial charge is 0.251 e. The van der Waals surface area contributed by atoms with E-state index in [0.717, 1.165) is 11.1 Å². The standard InChI is InChI=1S/C24H24N2O4/c1-2-29-16-18-5-3-17(4-6-18)15-26-24(28)20-9-13-22(14-10-20)30-21-11-7-19(8-12-21)23(25)27/h3-14H,2,15-16H2,1H3,(H2,25,27)(H,26,28). The van der Waals surface area contributed by atoms with Crippen LogP contribution in [0.15, 0.2) is 72.8 Å². The lowest BCUT2D eigenvalue weighted by Crippen LogP contribution is -2.22. The Hall–Kier alpha value is -3.64. The first-order valence-electron chi connectivity index (χ1n) is 9.66. The highest BCUT2D eigenvalue weighted by Crippen LogP contribution is 2.22. The van der Waals surface area contributed by atoms with Gasteiger partial charge in [-0.25, -0.2) is 0 Å². The third kappa shape index (κ3) is 5.93. The van der Waals surface area contributed by atoms with Gasteiger partial charge in [-0.3, -0.25) is 9.59 Å². The van der Waals surface area contributed by atoms with Crippen LogP contribution in [0, 0.1) is 0 Å². The third-order valence-electron chi connectivity index (χ3n) is 4.44. The quantitative estimate of drug-likeness (QED) is 0.563. The van der Waals surface area contributed by atoms with Gasteiger partial charge in [-0.15, -0.1) is 0 Å². The molecular weight excluding hydrogens is 380 g/mol. The van der Waals surface area contributed by atoms with E-state index in [1.807, 2.05) is 31.2 Å². The zero-order valence-electron chi connectivity index (χ0n) is 16.8. The van der Waals surface area contributed by atoms with Gasteiger partial charge < -0.3 is 20.5 Å². The summed E-state index contributed by atoms with van der Waals surface area (Å²) in [6, 6.07) is 21.3. The van der Waals surface area contributed by atoms with Gasteiger partial charge in [0.1, 0.15) is 11.5 Å². The van der Waals surface area contributed by atoms with E-state index < -0.39 is 5.91 Å². The van der Waals surface area contributed by atoms with Gasteiger partial charge in [-0.2, -0.15) is 0 Å². The molecule has 6 nitrogen and oxygen atoms in total. The van der Waals surface area contributed by atoms with E-state index in [-0.39, 0.29) is 5.91 Å². The molecule has 0 radical (unpaired) electrons. The Morgan fingerprint density at radius 1 is 0.800 bits per heavy atom. The zero-order chi connectivity index (χ0) is 21.3. The second-order valence-corrected chi connectivity index (χ2v) is 6.65. The number of carbonyl (C=O) groups excluding carboxylic acids is 2. The molecule has 0 aliphatic rings. The molecule has 0 bridgehead atoms. The number of nitrogens with one attached hydrogen (secondary N) is 1. The van der Waals surface area contributed by atoms with Gasteiger partial charge in [0.2, 0.25) is 5.91 Å². The molecule has 0 heterocycles. The summed E-state index contributed by atoms with van der Waals surface area (Å²) in [6.07, 6.45) is 0. The first-order chi connectivity index (χ1) is 14.5. The topological polar surface area (TPSA) is 90.7 Å². The monoisotopic (exact) mass is 404 g/mol. The van der Waals surface area contributed by atoms with Crippen molar-refractivity contribution in [2.75, 3.05) is 6.61 Å². The highest BCUT2D eigenvalue weighted by molar-refractivity contribution is 5.94. The molecule has 0 spiro atoms. The van der Waals surface area contributed by atoms with E-state index >= 15 is 0 Å². The number of nitrogens with two attached hydrogens (primary N) is 1. The predicted octanol–water partition coefficient (Wildman–Crippen LogP) is 4.04. The minimum absolute atomic E-state index is 0.161. The summed E-state index contributed by atoms with van der Waals surface area (Å²) in [7, 11) is 0. The molecule has 0 saturated heterocycles. The Labute approximate surface area is 175 Å². The summed E-state index contributed by atoms with van der Waals surface area (Å²) in [5, 5.41) is 2.91. The number of hydrogen-bond donors (Lipinski definition) is 2. The van der Waals surface area contributed by atoms with Crippen LogP contribution in [0.3, 0.4) is 0 Å². The highest BCUT2D eigenvalue weighted by atomic mass is 16.5. The summed E-state index contributed by atoms with van der Waals surface area (Å²) < 4.78 is 11.1. The molecular formula is C24H24N2O4. The van der Waals surface area contributed by atoms with E-state index in [1.54, 1.807) is 48.5 Å². The normalized spacial score (nSPS) is 10.4. The van der Waals surface area contributed by atoms with Crippen molar-refractivity contribution in [1.29, 1.82) is 0 Å². The van der Waals surface area contributed by atoms with Gasteiger partial charge in [0.25, 0.3) is 5.91 Å². The van der Waals surface area contributed by atoms with Crippen LogP contribution in [-0.4, -0.2) is 18.4 Å². The number of carbonyl (C=O) groups is 2. The molecule has 154 valence electrons. The van der Waals surface area contributed by atoms with E-state index in [9.17, 15) is 9.59 Å². The van der Waals surface area contributed by atoms with Crippen LogP contribution in [0.1, 0.15) is 38.8 Å². The van der Waals surface area contributed by atoms with Crippen molar-refractivity contribution in [3.05, 3.63) is 95.1 Å². The van der Waals surface area contributed by atoms with Gasteiger partial charge in [-0.1, -0.05) is 24.3 Å². The predicted molar refractivity (Wildman–Crippen MR) is 114 cm³/mol. The third-order valence-corrected chi connectivity index (χ3v) is 4.44. The number of hydrogen-bond acceptors (Lipinski definition) is 4. The fraction of sp³-hybridized carbons (Fsp3) is 0.167. The second-order valence-electron chi connectivity index (χ2n) is 6.65. The Morgan fingerprint density at radius 2 is 1.33 bits per heavy atom. The second kappa shape index (κ2) is 10.2. The summed E-state index contributed by atoms with van der Waals surface area (Å²) >= 11 is 0. The largest absolute Gasteiger partial charge is 0.457 e. The van der Waals surface area contributed by atoms with E-state index in [4.69, 9.17) is 15.2 Å². The van der Waals surface area contributed by atoms with Crippen molar-refractivity contribution >= 4 is 11.8 Å². The molecule has 0 aromatic heterocycles. The molecule has 3 N–H and O–H groups in total. The van der Waals surface area contributed by atoms with Gasteiger partial charge in [0, 0.05) is 24.3 Å². The molecule has 0 unspecified atom stereocenters. The molecule has 3 rings (SSSR count). The average molecular weight is 404 g/mol. The first kappa shape index (κ1) is 21.1. The van der Waals surface area contributed by atoms with Gasteiger partial charge in [0.15, 0.2) is 0 Å². The molecule has 2 amide bonds. The Morgan fingerprint density at radius 3 is 1.87 bits per heavy atom. The zero-order valence-corrected chi connectivity index (χ0v) is 16.8. The number of rotatable bonds is 9. The van der Waals surface area contributed by atoms with Gasteiger partial charge in [-0.05, 0) is 66.6 Å². The number of amides is 2. The summed E-state index contributed by atoms with van der Waals surface area (Å²) in [5.74, 6) is 0.511. The first-order valence-corrected chi connectivity index (χ1v) is 9.66. The van der Waals surface area contributed by atoms with Crippen molar-refractivity contribution in [3.63, 3.8) is 0 Å². The maximum Gasteiger partial charge on any atom is 0.251 e. The molecule has 3 aromatic rings. The number of primary amides is 1. The lowest BCUT2D eigenvalue weighted by Gasteiger charge is -2.09. The average Bonchev–Trinajstić information content (AvgIpc) is 2.77. The van der Waals surface area contributed by atoms with E-state index in [0.29, 0.717) is 42.4 Å². The fourth-order valence-electron chi connectivity index (χ4n) is 2.76. The maximum atomic E-state index is 12.4. The molecule has 0 aliphatic heterocycles. The Kier molecular flexibility index (Phi) is 7.19. The van der Waals surface area contributed by atoms with Crippen molar-refractivity contribution in [3.8, 4) is 11.5 Å².